The van der Waals surface area contributed by atoms with Crippen LogP contribution in [0.2, 0.25) is 0 Å². The Morgan fingerprint density at radius 1 is 1.44 bits per heavy atom. The van der Waals surface area contributed by atoms with Gasteiger partial charge in [-0.05, 0) is 12.0 Å². The first-order chi connectivity index (χ1) is 8.72. The maximum absolute atomic E-state index is 12.2. The average molecular weight is 244 g/mol. The van der Waals surface area contributed by atoms with Crippen molar-refractivity contribution in [3.63, 3.8) is 0 Å². The quantitative estimate of drug-likeness (QED) is 0.770. The molecule has 1 aromatic carbocycles. The van der Waals surface area contributed by atoms with Gasteiger partial charge >= 0.3 is 0 Å². The number of anilines is 2. The standard InChI is InChI=1S/C13H16N4O/c1-2-10(9-6-4-3-5-7-9)13(18)16-12-11(14)8-15-17-12/h3-8,10H,2,14H2,1H3,(H2,15,16,17,18). The van der Waals surface area contributed by atoms with E-state index in [9.17, 15) is 4.79 Å². The molecule has 2 rings (SSSR count). The highest BCUT2D eigenvalue weighted by atomic mass is 16.2. The van der Waals surface area contributed by atoms with Crippen molar-refractivity contribution in [2.45, 2.75) is 19.3 Å². The number of nitrogen functional groups attached to an aromatic ring is 1. The summed E-state index contributed by atoms with van der Waals surface area (Å²) in [5.41, 5.74) is 7.09. The van der Waals surface area contributed by atoms with Gasteiger partial charge in [0.2, 0.25) is 5.91 Å². The van der Waals surface area contributed by atoms with E-state index in [-0.39, 0.29) is 11.8 Å². The van der Waals surface area contributed by atoms with Crippen LogP contribution >= 0.6 is 0 Å². The summed E-state index contributed by atoms with van der Waals surface area (Å²) in [4.78, 5) is 12.2. The summed E-state index contributed by atoms with van der Waals surface area (Å²) >= 11 is 0. The zero-order chi connectivity index (χ0) is 13.0. The van der Waals surface area contributed by atoms with Crippen LogP contribution < -0.4 is 11.1 Å². The molecule has 1 aromatic heterocycles. The summed E-state index contributed by atoms with van der Waals surface area (Å²) in [5, 5.41) is 9.19. The molecule has 5 nitrogen and oxygen atoms in total. The number of hydrogen-bond donors (Lipinski definition) is 3. The summed E-state index contributed by atoms with van der Waals surface area (Å²) in [7, 11) is 0. The monoisotopic (exact) mass is 244 g/mol. The predicted molar refractivity (Wildman–Crippen MR) is 71.1 cm³/mol. The number of aromatic amines is 1. The normalized spacial score (nSPS) is 12.1. The lowest BCUT2D eigenvalue weighted by molar-refractivity contribution is -0.117. The van der Waals surface area contributed by atoms with Crippen molar-refractivity contribution in [3.05, 3.63) is 42.1 Å². The van der Waals surface area contributed by atoms with E-state index in [1.165, 1.54) is 6.20 Å². The Morgan fingerprint density at radius 2 is 2.17 bits per heavy atom. The molecular formula is C13H16N4O. The number of rotatable bonds is 4. The number of nitrogens with zero attached hydrogens (tertiary/aromatic N) is 1. The highest BCUT2D eigenvalue weighted by Gasteiger charge is 2.19. The van der Waals surface area contributed by atoms with Crippen LogP contribution in [0.5, 0.6) is 0 Å². The second kappa shape index (κ2) is 5.35. The number of benzene rings is 1. The maximum atomic E-state index is 12.2. The molecule has 0 aliphatic heterocycles. The Bertz CT molecular complexity index is 521. The highest BCUT2D eigenvalue weighted by molar-refractivity contribution is 5.96. The third-order valence-corrected chi connectivity index (χ3v) is 2.84. The fourth-order valence-corrected chi connectivity index (χ4v) is 1.86. The van der Waals surface area contributed by atoms with Gasteiger partial charge in [0, 0.05) is 0 Å². The Morgan fingerprint density at radius 3 is 2.72 bits per heavy atom. The van der Waals surface area contributed by atoms with Gasteiger partial charge in [-0.15, -0.1) is 0 Å². The Balaban J connectivity index is 2.14. The Kier molecular flexibility index (Phi) is 3.62. The van der Waals surface area contributed by atoms with E-state index in [0.717, 1.165) is 12.0 Å². The van der Waals surface area contributed by atoms with Crippen molar-refractivity contribution in [2.75, 3.05) is 11.1 Å². The zero-order valence-corrected chi connectivity index (χ0v) is 10.2. The van der Waals surface area contributed by atoms with Crippen molar-refractivity contribution in [1.82, 2.24) is 10.2 Å². The first-order valence-electron chi connectivity index (χ1n) is 5.87. The van der Waals surface area contributed by atoms with Crippen LogP contribution in [0.1, 0.15) is 24.8 Å². The van der Waals surface area contributed by atoms with Crippen LogP contribution in [-0.4, -0.2) is 16.1 Å². The van der Waals surface area contributed by atoms with Gasteiger partial charge in [0.15, 0.2) is 5.82 Å². The molecule has 0 saturated heterocycles. The summed E-state index contributed by atoms with van der Waals surface area (Å²) in [5.74, 6) is 0.183. The van der Waals surface area contributed by atoms with Crippen LogP contribution in [0.15, 0.2) is 36.5 Å². The molecule has 1 heterocycles. The minimum absolute atomic E-state index is 0.0837. The lowest BCUT2D eigenvalue weighted by atomic mass is 9.96. The Labute approximate surface area is 105 Å². The van der Waals surface area contributed by atoms with Crippen molar-refractivity contribution in [1.29, 1.82) is 0 Å². The molecule has 2 aromatic rings. The number of aromatic nitrogens is 2. The van der Waals surface area contributed by atoms with Gasteiger partial charge in [-0.1, -0.05) is 37.3 Å². The molecule has 94 valence electrons. The molecule has 0 spiro atoms. The highest BCUT2D eigenvalue weighted by Crippen LogP contribution is 2.22. The molecule has 0 aliphatic carbocycles. The average Bonchev–Trinajstić information content (AvgIpc) is 2.77. The lowest BCUT2D eigenvalue weighted by Crippen LogP contribution is -2.21. The molecule has 0 radical (unpaired) electrons. The number of H-pyrrole nitrogens is 1. The molecule has 1 unspecified atom stereocenters. The predicted octanol–water partition coefficient (Wildman–Crippen LogP) is 2.12. The van der Waals surface area contributed by atoms with Gasteiger partial charge in [-0.25, -0.2) is 0 Å². The van der Waals surface area contributed by atoms with Crippen LogP contribution in [0.25, 0.3) is 0 Å². The van der Waals surface area contributed by atoms with Crippen LogP contribution in [-0.2, 0) is 4.79 Å². The molecule has 1 atom stereocenters. The van der Waals surface area contributed by atoms with Crippen LogP contribution in [0.3, 0.4) is 0 Å². The van der Waals surface area contributed by atoms with E-state index in [4.69, 9.17) is 5.73 Å². The van der Waals surface area contributed by atoms with Gasteiger partial charge in [0.25, 0.3) is 0 Å². The lowest BCUT2D eigenvalue weighted by Gasteiger charge is -2.14. The number of carbonyl (C=O) groups is 1. The van der Waals surface area contributed by atoms with Crippen molar-refractivity contribution in [3.8, 4) is 0 Å². The zero-order valence-electron chi connectivity index (χ0n) is 10.2. The molecule has 0 aliphatic rings. The summed E-state index contributed by atoms with van der Waals surface area (Å²) in [6.07, 6.45) is 2.20. The van der Waals surface area contributed by atoms with Crippen LogP contribution in [0, 0.1) is 0 Å². The maximum Gasteiger partial charge on any atom is 0.233 e. The fourth-order valence-electron chi connectivity index (χ4n) is 1.86. The van der Waals surface area contributed by atoms with Crippen LogP contribution in [0.4, 0.5) is 11.5 Å². The van der Waals surface area contributed by atoms with E-state index >= 15 is 0 Å². The van der Waals surface area contributed by atoms with Crippen molar-refractivity contribution < 1.29 is 4.79 Å². The van der Waals surface area contributed by atoms with E-state index in [2.05, 4.69) is 15.5 Å². The molecular weight excluding hydrogens is 228 g/mol. The third kappa shape index (κ3) is 2.51. The summed E-state index contributed by atoms with van der Waals surface area (Å²) in [6, 6.07) is 9.68. The van der Waals surface area contributed by atoms with Gasteiger partial charge in [0.05, 0.1) is 17.8 Å². The molecule has 0 saturated carbocycles. The second-order valence-corrected chi connectivity index (χ2v) is 4.06. The first kappa shape index (κ1) is 12.2. The van der Waals surface area contributed by atoms with Crippen molar-refractivity contribution >= 4 is 17.4 Å². The summed E-state index contributed by atoms with van der Waals surface area (Å²) in [6.45, 7) is 1.98. The van der Waals surface area contributed by atoms with Gasteiger partial charge < -0.3 is 11.1 Å². The molecule has 18 heavy (non-hydrogen) atoms. The van der Waals surface area contributed by atoms with Crippen molar-refractivity contribution in [2.24, 2.45) is 0 Å². The van der Waals surface area contributed by atoms with Gasteiger partial charge in [-0.3, -0.25) is 9.89 Å². The molecule has 5 heteroatoms. The minimum atomic E-state index is -0.186. The van der Waals surface area contributed by atoms with E-state index in [1.54, 1.807) is 0 Å². The van der Waals surface area contributed by atoms with Gasteiger partial charge in [-0.2, -0.15) is 5.10 Å². The molecule has 0 bridgehead atoms. The largest absolute Gasteiger partial charge is 0.394 e. The second-order valence-electron chi connectivity index (χ2n) is 4.06. The SMILES string of the molecule is CCC(C(=O)Nc1[nH]ncc1N)c1ccccc1. The number of carbonyl (C=O) groups excluding carboxylic acids is 1. The topological polar surface area (TPSA) is 83.8 Å². The van der Waals surface area contributed by atoms with E-state index in [1.807, 2.05) is 37.3 Å². The molecule has 4 N–H and O–H groups in total. The fraction of sp³-hybridized carbons (Fsp3) is 0.231. The minimum Gasteiger partial charge on any atom is -0.394 e. The smallest absolute Gasteiger partial charge is 0.233 e. The number of amides is 1. The number of nitrogens with one attached hydrogen (secondary N) is 2. The molecule has 0 fully saturated rings. The molecule has 1 amide bonds. The third-order valence-electron chi connectivity index (χ3n) is 2.84. The Hall–Kier alpha value is -2.30. The van der Waals surface area contributed by atoms with E-state index < -0.39 is 0 Å². The number of hydrogen-bond acceptors (Lipinski definition) is 3. The van der Waals surface area contributed by atoms with E-state index in [0.29, 0.717) is 11.5 Å². The first-order valence-corrected chi connectivity index (χ1v) is 5.87. The van der Waals surface area contributed by atoms with Gasteiger partial charge in [0.1, 0.15) is 0 Å². The summed E-state index contributed by atoms with van der Waals surface area (Å²) < 4.78 is 0. The number of nitrogens with two attached hydrogens (primary N) is 1.